The monoisotopic (exact) mass is 251 g/mol. The maximum Gasteiger partial charge on any atom is 0.124 e. The van der Waals surface area contributed by atoms with E-state index < -0.39 is 0 Å². The van der Waals surface area contributed by atoms with Crippen molar-refractivity contribution >= 4 is 0 Å². The van der Waals surface area contributed by atoms with E-state index in [0.29, 0.717) is 0 Å². The van der Waals surface area contributed by atoms with Crippen molar-refractivity contribution in [1.82, 2.24) is 5.32 Å². The largest absolute Gasteiger partial charge is 0.508 e. The Morgan fingerprint density at radius 1 is 1.22 bits per heavy atom. The molecule has 0 amide bonds. The minimum absolute atomic E-state index is 0.0525. The Balaban J connectivity index is 2.04. The predicted molar refractivity (Wildman–Crippen MR) is 69.6 cm³/mol. The van der Waals surface area contributed by atoms with Crippen LogP contribution in [0, 0.1) is 0 Å². The van der Waals surface area contributed by atoms with E-state index in [1.165, 1.54) is 6.07 Å². The van der Waals surface area contributed by atoms with E-state index in [4.69, 9.17) is 0 Å². The summed E-state index contributed by atoms with van der Waals surface area (Å²) in [5.74, 6) is 0.140. The van der Waals surface area contributed by atoms with Crippen LogP contribution >= 0.6 is 0 Å². The molecule has 0 spiro atoms. The van der Waals surface area contributed by atoms with E-state index in [9.17, 15) is 15.3 Å². The van der Waals surface area contributed by atoms with Crippen LogP contribution in [0.5, 0.6) is 11.5 Å². The summed E-state index contributed by atoms with van der Waals surface area (Å²) in [6.45, 7) is 1.95. The topological polar surface area (TPSA) is 72.7 Å². The molecule has 4 heteroatoms. The summed E-state index contributed by atoms with van der Waals surface area (Å²) in [6.07, 6.45) is 3.71. The van der Waals surface area contributed by atoms with Crippen LogP contribution in [0.4, 0.5) is 0 Å². The molecule has 100 valence electrons. The minimum atomic E-state index is -0.305. The number of phenolic OH excluding ortho intramolecular Hbond substituents is 2. The number of aliphatic hydroxyl groups is 1. The molecule has 1 aromatic carbocycles. The number of benzene rings is 1. The molecular formula is C14H21NO3. The number of hydrogen-bond acceptors (Lipinski definition) is 4. The fourth-order valence-corrected chi connectivity index (χ4v) is 2.61. The Morgan fingerprint density at radius 2 is 1.94 bits per heavy atom. The Hall–Kier alpha value is -1.26. The molecule has 1 saturated carbocycles. The van der Waals surface area contributed by atoms with Crippen LogP contribution in [0.1, 0.15) is 44.2 Å². The third-order valence-corrected chi connectivity index (χ3v) is 3.67. The summed E-state index contributed by atoms with van der Waals surface area (Å²) < 4.78 is 0. The predicted octanol–water partition coefficient (Wildman–Crippen LogP) is 2.05. The Morgan fingerprint density at radius 3 is 2.61 bits per heavy atom. The van der Waals surface area contributed by atoms with Gasteiger partial charge < -0.3 is 20.6 Å². The van der Waals surface area contributed by atoms with Gasteiger partial charge in [-0.2, -0.15) is 0 Å². The lowest BCUT2D eigenvalue weighted by Gasteiger charge is -2.31. The fraction of sp³-hybridized carbons (Fsp3) is 0.571. The zero-order valence-corrected chi connectivity index (χ0v) is 10.6. The van der Waals surface area contributed by atoms with Crippen molar-refractivity contribution in [2.45, 2.75) is 50.8 Å². The lowest BCUT2D eigenvalue weighted by molar-refractivity contribution is 0.0858. The van der Waals surface area contributed by atoms with Crippen LogP contribution in [-0.2, 0) is 0 Å². The minimum Gasteiger partial charge on any atom is -0.508 e. The fourth-order valence-electron chi connectivity index (χ4n) is 2.61. The molecule has 3 unspecified atom stereocenters. The normalized spacial score (nSPS) is 25.9. The molecule has 18 heavy (non-hydrogen) atoms. The number of aromatic hydroxyl groups is 2. The Kier molecular flexibility index (Phi) is 4.09. The van der Waals surface area contributed by atoms with E-state index in [1.54, 1.807) is 12.1 Å². The van der Waals surface area contributed by atoms with Crippen LogP contribution in [0.25, 0.3) is 0 Å². The van der Waals surface area contributed by atoms with Crippen molar-refractivity contribution in [2.75, 3.05) is 0 Å². The zero-order valence-electron chi connectivity index (χ0n) is 10.6. The molecule has 1 aliphatic carbocycles. The van der Waals surface area contributed by atoms with Gasteiger partial charge in [0.1, 0.15) is 11.5 Å². The molecule has 0 heterocycles. The van der Waals surface area contributed by atoms with Gasteiger partial charge in [0.25, 0.3) is 0 Å². The number of aliphatic hydroxyl groups excluding tert-OH is 1. The summed E-state index contributed by atoms with van der Waals surface area (Å²) in [5.41, 5.74) is 0.741. The molecule has 4 nitrogen and oxygen atoms in total. The molecule has 4 N–H and O–H groups in total. The first-order valence-corrected chi connectivity index (χ1v) is 6.54. The summed E-state index contributed by atoms with van der Waals surface area (Å²) in [6, 6.07) is 4.64. The highest BCUT2D eigenvalue weighted by Gasteiger charge is 2.25. The standard InChI is InChI=1S/C14H21NO3/c1-9(11-7-6-10(16)8-14(11)18)15-12-4-2-3-5-13(12)17/h6-9,12-13,15-18H,2-5H2,1H3. The molecule has 0 aliphatic heterocycles. The molecule has 1 aliphatic rings. The molecule has 0 radical (unpaired) electrons. The molecule has 0 saturated heterocycles. The number of phenols is 2. The number of hydrogen-bond donors (Lipinski definition) is 4. The second-order valence-electron chi connectivity index (χ2n) is 5.09. The molecular weight excluding hydrogens is 230 g/mol. The van der Waals surface area contributed by atoms with Gasteiger partial charge in [-0.1, -0.05) is 18.9 Å². The number of nitrogens with one attached hydrogen (secondary N) is 1. The summed E-state index contributed by atoms with van der Waals surface area (Å²) >= 11 is 0. The van der Waals surface area contributed by atoms with Gasteiger partial charge in [-0.25, -0.2) is 0 Å². The highest BCUT2D eigenvalue weighted by Crippen LogP contribution is 2.29. The van der Waals surface area contributed by atoms with Crippen molar-refractivity contribution in [3.8, 4) is 11.5 Å². The van der Waals surface area contributed by atoms with Gasteiger partial charge in [0.15, 0.2) is 0 Å². The average Bonchev–Trinajstić information content (AvgIpc) is 2.32. The molecule has 0 aromatic heterocycles. The first-order chi connectivity index (χ1) is 8.58. The first-order valence-electron chi connectivity index (χ1n) is 6.54. The quantitative estimate of drug-likeness (QED) is 0.663. The highest BCUT2D eigenvalue weighted by molar-refractivity contribution is 5.40. The third-order valence-electron chi connectivity index (χ3n) is 3.67. The number of rotatable bonds is 3. The van der Waals surface area contributed by atoms with Gasteiger partial charge >= 0.3 is 0 Å². The van der Waals surface area contributed by atoms with Gasteiger partial charge in [-0.05, 0) is 25.8 Å². The van der Waals surface area contributed by atoms with Gasteiger partial charge in [0.2, 0.25) is 0 Å². The van der Waals surface area contributed by atoms with E-state index in [1.807, 2.05) is 6.92 Å². The van der Waals surface area contributed by atoms with Crippen molar-refractivity contribution in [3.63, 3.8) is 0 Å². The third kappa shape index (κ3) is 2.94. The van der Waals surface area contributed by atoms with Crippen LogP contribution in [0.3, 0.4) is 0 Å². The van der Waals surface area contributed by atoms with Gasteiger partial charge in [-0.3, -0.25) is 0 Å². The van der Waals surface area contributed by atoms with Crippen LogP contribution in [0.2, 0.25) is 0 Å². The van der Waals surface area contributed by atoms with Gasteiger partial charge in [0.05, 0.1) is 6.10 Å². The molecule has 3 atom stereocenters. The second-order valence-corrected chi connectivity index (χ2v) is 5.09. The van der Waals surface area contributed by atoms with Crippen molar-refractivity contribution in [3.05, 3.63) is 23.8 Å². The maximum atomic E-state index is 9.91. The van der Waals surface area contributed by atoms with Crippen LogP contribution in [-0.4, -0.2) is 27.5 Å². The zero-order chi connectivity index (χ0) is 13.1. The smallest absolute Gasteiger partial charge is 0.124 e. The second kappa shape index (κ2) is 5.59. The SMILES string of the molecule is CC(NC1CCCCC1O)c1ccc(O)cc1O. The van der Waals surface area contributed by atoms with Crippen LogP contribution < -0.4 is 5.32 Å². The van der Waals surface area contributed by atoms with Crippen molar-refractivity contribution in [1.29, 1.82) is 0 Å². The maximum absolute atomic E-state index is 9.91. The van der Waals surface area contributed by atoms with Gasteiger partial charge in [-0.15, -0.1) is 0 Å². The average molecular weight is 251 g/mol. The summed E-state index contributed by atoms with van der Waals surface area (Å²) in [7, 11) is 0. The van der Waals surface area contributed by atoms with E-state index >= 15 is 0 Å². The van der Waals surface area contributed by atoms with E-state index in [2.05, 4.69) is 5.32 Å². The summed E-state index contributed by atoms with van der Waals surface area (Å²) in [5, 5.41) is 32.3. The molecule has 1 aromatic rings. The molecule has 2 rings (SSSR count). The molecule has 1 fully saturated rings. The molecule has 0 bridgehead atoms. The van der Waals surface area contributed by atoms with Gasteiger partial charge in [0, 0.05) is 23.7 Å². The first kappa shape index (κ1) is 13.2. The van der Waals surface area contributed by atoms with E-state index in [0.717, 1.165) is 31.2 Å². The van der Waals surface area contributed by atoms with Crippen LogP contribution in [0.15, 0.2) is 18.2 Å². The highest BCUT2D eigenvalue weighted by atomic mass is 16.3. The Bertz CT molecular complexity index is 408. The lowest BCUT2D eigenvalue weighted by Crippen LogP contribution is -2.43. The lowest BCUT2D eigenvalue weighted by atomic mass is 9.91. The Labute approximate surface area is 107 Å². The van der Waals surface area contributed by atoms with E-state index in [-0.39, 0.29) is 29.7 Å². The van der Waals surface area contributed by atoms with Crippen molar-refractivity contribution < 1.29 is 15.3 Å². The van der Waals surface area contributed by atoms with Crippen molar-refractivity contribution in [2.24, 2.45) is 0 Å². The summed E-state index contributed by atoms with van der Waals surface area (Å²) in [4.78, 5) is 0.